The van der Waals surface area contributed by atoms with Crippen LogP contribution in [0.4, 0.5) is 0 Å². The molecular weight excluding hydrogens is 252 g/mol. The summed E-state index contributed by atoms with van der Waals surface area (Å²) in [7, 11) is 3.66. The van der Waals surface area contributed by atoms with Gasteiger partial charge in [-0.2, -0.15) is 5.06 Å². The van der Waals surface area contributed by atoms with Gasteiger partial charge in [0, 0.05) is 25.9 Å². The molecule has 1 aromatic carbocycles. The molecule has 0 saturated carbocycles. The van der Waals surface area contributed by atoms with Gasteiger partial charge in [-0.3, -0.25) is 9.82 Å². The summed E-state index contributed by atoms with van der Waals surface area (Å²) in [5, 5.41) is 1.94. The van der Waals surface area contributed by atoms with Crippen molar-refractivity contribution in [3.05, 3.63) is 59.9 Å². The van der Waals surface area contributed by atoms with Gasteiger partial charge in [-0.05, 0) is 35.4 Å². The highest BCUT2D eigenvalue weighted by atomic mass is 16.7. The van der Waals surface area contributed by atoms with Crippen LogP contribution >= 0.6 is 0 Å². The summed E-state index contributed by atoms with van der Waals surface area (Å²) >= 11 is 0. The lowest BCUT2D eigenvalue weighted by atomic mass is 9.98. The largest absolute Gasteiger partial charge is 0.497 e. The van der Waals surface area contributed by atoms with Crippen LogP contribution in [0.25, 0.3) is 0 Å². The van der Waals surface area contributed by atoms with Crippen molar-refractivity contribution in [1.29, 1.82) is 0 Å². The molecule has 1 aliphatic rings. The number of hydrogen-bond acceptors (Lipinski definition) is 4. The molecule has 1 aromatic heterocycles. The Morgan fingerprint density at radius 1 is 1.10 bits per heavy atom. The second kappa shape index (κ2) is 5.61. The van der Waals surface area contributed by atoms with Gasteiger partial charge in [-0.25, -0.2) is 0 Å². The molecule has 0 amide bonds. The van der Waals surface area contributed by atoms with Crippen molar-refractivity contribution < 1.29 is 9.57 Å². The van der Waals surface area contributed by atoms with E-state index in [1.807, 2.05) is 36.4 Å². The fraction of sp³-hybridized carbons (Fsp3) is 0.312. The highest BCUT2D eigenvalue weighted by Gasteiger charge is 2.32. The zero-order valence-corrected chi connectivity index (χ0v) is 11.7. The normalized spacial score (nSPS) is 22.9. The predicted octanol–water partition coefficient (Wildman–Crippen LogP) is 3.14. The molecule has 2 heterocycles. The molecule has 0 spiro atoms. The Labute approximate surface area is 118 Å². The van der Waals surface area contributed by atoms with E-state index in [4.69, 9.17) is 9.57 Å². The topological polar surface area (TPSA) is 34.6 Å². The molecule has 2 atom stereocenters. The molecule has 4 nitrogen and oxygen atoms in total. The van der Waals surface area contributed by atoms with Crippen molar-refractivity contribution in [2.45, 2.75) is 18.6 Å². The number of ether oxygens (including phenoxy) is 1. The fourth-order valence-electron chi connectivity index (χ4n) is 2.62. The predicted molar refractivity (Wildman–Crippen MR) is 76.2 cm³/mol. The average Bonchev–Trinajstić information content (AvgIpc) is 2.90. The van der Waals surface area contributed by atoms with Gasteiger partial charge < -0.3 is 4.74 Å². The van der Waals surface area contributed by atoms with Gasteiger partial charge in [-0.15, -0.1) is 0 Å². The van der Waals surface area contributed by atoms with Crippen molar-refractivity contribution in [3.8, 4) is 5.75 Å². The second-order valence-corrected chi connectivity index (χ2v) is 4.95. The summed E-state index contributed by atoms with van der Waals surface area (Å²) in [6, 6.07) is 12.4. The molecule has 0 N–H and O–H groups in total. The Bertz CT molecular complexity index is 556. The van der Waals surface area contributed by atoms with Crippen molar-refractivity contribution in [2.24, 2.45) is 0 Å². The molecule has 4 heteroatoms. The zero-order valence-electron chi connectivity index (χ0n) is 11.7. The van der Waals surface area contributed by atoms with E-state index in [1.165, 1.54) is 11.1 Å². The molecule has 3 rings (SSSR count). The Balaban J connectivity index is 1.78. The molecule has 1 aliphatic heterocycles. The third-order valence-electron chi connectivity index (χ3n) is 3.75. The van der Waals surface area contributed by atoms with Gasteiger partial charge in [0.05, 0.1) is 13.2 Å². The van der Waals surface area contributed by atoms with Crippen LogP contribution in [0.1, 0.15) is 29.7 Å². The first-order chi connectivity index (χ1) is 9.78. The quantitative estimate of drug-likeness (QED) is 0.858. The number of rotatable bonds is 3. The summed E-state index contributed by atoms with van der Waals surface area (Å²) in [6.07, 6.45) is 4.64. The molecule has 2 unspecified atom stereocenters. The summed E-state index contributed by atoms with van der Waals surface area (Å²) in [6.45, 7) is 0. The zero-order chi connectivity index (χ0) is 13.9. The Hall–Kier alpha value is -1.91. The van der Waals surface area contributed by atoms with Gasteiger partial charge in [-0.1, -0.05) is 12.1 Å². The monoisotopic (exact) mass is 270 g/mol. The minimum atomic E-state index is 0.0927. The first-order valence-electron chi connectivity index (χ1n) is 6.71. The lowest BCUT2D eigenvalue weighted by molar-refractivity contribution is -0.146. The number of nitrogens with zero attached hydrogens (tertiary/aromatic N) is 2. The third-order valence-corrected chi connectivity index (χ3v) is 3.75. The minimum Gasteiger partial charge on any atom is -0.497 e. The van der Waals surface area contributed by atoms with E-state index >= 15 is 0 Å². The van der Waals surface area contributed by atoms with Crippen molar-refractivity contribution >= 4 is 0 Å². The van der Waals surface area contributed by atoms with Crippen LogP contribution < -0.4 is 4.74 Å². The smallest absolute Gasteiger partial charge is 0.118 e. The Morgan fingerprint density at radius 2 is 1.80 bits per heavy atom. The SMILES string of the molecule is COc1ccc(C2CC(c3ccncc3)ON2C)cc1. The molecule has 1 fully saturated rings. The Kier molecular flexibility index (Phi) is 3.67. The van der Waals surface area contributed by atoms with E-state index < -0.39 is 0 Å². The molecule has 0 aliphatic carbocycles. The molecular formula is C16H18N2O2. The Morgan fingerprint density at radius 3 is 2.45 bits per heavy atom. The van der Waals surface area contributed by atoms with Crippen LogP contribution in [0, 0.1) is 0 Å². The van der Waals surface area contributed by atoms with E-state index in [2.05, 4.69) is 17.1 Å². The van der Waals surface area contributed by atoms with Crippen LogP contribution in [0.3, 0.4) is 0 Å². The molecule has 0 radical (unpaired) electrons. The van der Waals surface area contributed by atoms with Gasteiger partial charge in [0.25, 0.3) is 0 Å². The van der Waals surface area contributed by atoms with Gasteiger partial charge in [0.1, 0.15) is 11.9 Å². The maximum Gasteiger partial charge on any atom is 0.118 e. The van der Waals surface area contributed by atoms with Crippen LogP contribution in [0.15, 0.2) is 48.8 Å². The lowest BCUT2D eigenvalue weighted by Gasteiger charge is -2.17. The fourth-order valence-corrected chi connectivity index (χ4v) is 2.62. The van der Waals surface area contributed by atoms with Crippen molar-refractivity contribution in [3.63, 3.8) is 0 Å². The minimum absolute atomic E-state index is 0.0927. The van der Waals surface area contributed by atoms with E-state index in [1.54, 1.807) is 19.5 Å². The maximum atomic E-state index is 5.95. The van der Waals surface area contributed by atoms with E-state index in [-0.39, 0.29) is 12.1 Å². The summed E-state index contributed by atoms with van der Waals surface area (Å²) in [4.78, 5) is 9.99. The van der Waals surface area contributed by atoms with Gasteiger partial charge in [0.15, 0.2) is 0 Å². The molecule has 2 aromatic rings. The summed E-state index contributed by atoms with van der Waals surface area (Å²) in [5.74, 6) is 0.876. The molecule has 104 valence electrons. The van der Waals surface area contributed by atoms with Crippen molar-refractivity contribution in [2.75, 3.05) is 14.2 Å². The first-order valence-corrected chi connectivity index (χ1v) is 6.71. The van der Waals surface area contributed by atoms with Crippen molar-refractivity contribution in [1.82, 2.24) is 10.0 Å². The lowest BCUT2D eigenvalue weighted by Crippen LogP contribution is -2.16. The molecule has 1 saturated heterocycles. The summed E-state index contributed by atoms with van der Waals surface area (Å²) < 4.78 is 5.20. The van der Waals surface area contributed by atoms with Gasteiger partial charge >= 0.3 is 0 Å². The second-order valence-electron chi connectivity index (χ2n) is 4.95. The number of hydrogen-bond donors (Lipinski definition) is 0. The van der Waals surface area contributed by atoms with Gasteiger partial charge in [0.2, 0.25) is 0 Å². The van der Waals surface area contributed by atoms with Crippen LogP contribution in [0.2, 0.25) is 0 Å². The van der Waals surface area contributed by atoms with Crippen LogP contribution in [0.5, 0.6) is 5.75 Å². The number of methoxy groups -OCH3 is 1. The van der Waals surface area contributed by atoms with E-state index in [0.29, 0.717) is 0 Å². The number of benzene rings is 1. The first kappa shape index (κ1) is 13.1. The van der Waals surface area contributed by atoms with E-state index in [9.17, 15) is 0 Å². The maximum absolute atomic E-state index is 5.95. The third kappa shape index (κ3) is 2.53. The van der Waals surface area contributed by atoms with Crippen LogP contribution in [-0.2, 0) is 4.84 Å². The standard InChI is InChI=1S/C16H18N2O2/c1-18-15(12-3-5-14(19-2)6-4-12)11-16(20-18)13-7-9-17-10-8-13/h3-10,15-16H,11H2,1-2H3. The highest BCUT2D eigenvalue weighted by molar-refractivity contribution is 5.30. The number of pyridine rings is 1. The summed E-state index contributed by atoms with van der Waals surface area (Å²) in [5.41, 5.74) is 2.41. The number of hydroxylamine groups is 2. The van der Waals surface area contributed by atoms with Crippen LogP contribution in [-0.4, -0.2) is 24.2 Å². The number of aromatic nitrogens is 1. The molecule has 0 bridgehead atoms. The molecule has 20 heavy (non-hydrogen) atoms. The average molecular weight is 270 g/mol. The van der Waals surface area contributed by atoms with E-state index in [0.717, 1.165) is 12.2 Å². The highest BCUT2D eigenvalue weighted by Crippen LogP contribution is 2.40.